The number of allylic oxidation sites excluding steroid dienone is 7. The molecule has 0 unspecified atom stereocenters. The Bertz CT molecular complexity index is 170. The summed E-state index contributed by atoms with van der Waals surface area (Å²) in [6, 6.07) is 0. The minimum absolute atomic E-state index is 1.17. The quantitative estimate of drug-likeness (QED) is 0.410. The number of rotatable bonds is 6. The zero-order valence-electron chi connectivity index (χ0n) is 7.74. The van der Waals surface area contributed by atoms with E-state index in [0.717, 1.165) is 0 Å². The van der Waals surface area contributed by atoms with Crippen LogP contribution >= 0.6 is 0 Å². The molecule has 0 rings (SSSR count). The van der Waals surface area contributed by atoms with E-state index in [1.165, 1.54) is 25.3 Å². The highest BCUT2D eigenvalue weighted by atomic mass is 13.8. The van der Waals surface area contributed by atoms with Crippen molar-refractivity contribution in [2.75, 3.05) is 0 Å². The molecule has 0 heterocycles. The van der Waals surface area contributed by atoms with Crippen molar-refractivity contribution in [1.29, 1.82) is 0 Å². The lowest BCUT2D eigenvalue weighted by atomic mass is 10.2. The Morgan fingerprint density at radius 2 is 1.67 bits per heavy atom. The summed E-state index contributed by atoms with van der Waals surface area (Å²) in [5.41, 5.74) is 0. The third-order valence-electron chi connectivity index (χ3n) is 1.42. The standard InChI is InChI=1S/C12H17/c1-3-5-7-9-11-12-10-8-6-4-2/h1,3,5,7,9-12H,4,6,8H2,2H3. The third kappa shape index (κ3) is 8.96. The molecule has 0 nitrogen and oxygen atoms in total. The van der Waals surface area contributed by atoms with Crippen LogP contribution in [-0.4, -0.2) is 0 Å². The van der Waals surface area contributed by atoms with Gasteiger partial charge in [0.15, 0.2) is 0 Å². The molecular formula is C12H17. The van der Waals surface area contributed by atoms with Crippen LogP contribution in [0.5, 0.6) is 0 Å². The fourth-order valence-electron chi connectivity index (χ4n) is 0.753. The van der Waals surface area contributed by atoms with E-state index in [9.17, 15) is 0 Å². The molecule has 65 valence electrons. The SMILES string of the molecule is [CH]=CC=CC=CC=CCCCC. The molecule has 0 saturated heterocycles. The molecular weight excluding hydrogens is 144 g/mol. The molecule has 0 aliphatic carbocycles. The van der Waals surface area contributed by atoms with Crippen LogP contribution in [0.25, 0.3) is 0 Å². The molecule has 0 heteroatoms. The largest absolute Gasteiger partial charge is 0.0845 e. The lowest BCUT2D eigenvalue weighted by Gasteiger charge is -1.84. The Hall–Kier alpha value is -1.04. The lowest BCUT2D eigenvalue weighted by Crippen LogP contribution is -1.64. The van der Waals surface area contributed by atoms with E-state index in [-0.39, 0.29) is 0 Å². The van der Waals surface area contributed by atoms with Crippen molar-refractivity contribution in [2.45, 2.75) is 26.2 Å². The third-order valence-corrected chi connectivity index (χ3v) is 1.42. The monoisotopic (exact) mass is 161 g/mol. The average Bonchev–Trinajstić information content (AvgIpc) is 2.10. The normalized spacial score (nSPS) is 12.1. The van der Waals surface area contributed by atoms with Crippen molar-refractivity contribution in [3.8, 4) is 0 Å². The molecule has 0 saturated carbocycles. The fourth-order valence-corrected chi connectivity index (χ4v) is 0.753. The van der Waals surface area contributed by atoms with Crippen molar-refractivity contribution in [1.82, 2.24) is 0 Å². The second kappa shape index (κ2) is 9.96. The topological polar surface area (TPSA) is 0 Å². The predicted octanol–water partition coefficient (Wildman–Crippen LogP) is 3.83. The lowest BCUT2D eigenvalue weighted by molar-refractivity contribution is 0.815. The van der Waals surface area contributed by atoms with Gasteiger partial charge in [-0.15, -0.1) is 0 Å². The summed E-state index contributed by atoms with van der Waals surface area (Å²) in [5, 5.41) is 0. The molecule has 12 heavy (non-hydrogen) atoms. The highest BCUT2D eigenvalue weighted by Gasteiger charge is 1.74. The molecule has 0 aromatic rings. The van der Waals surface area contributed by atoms with E-state index in [1.807, 2.05) is 18.2 Å². The van der Waals surface area contributed by atoms with Gasteiger partial charge in [-0.05, 0) is 6.42 Å². The van der Waals surface area contributed by atoms with Crippen LogP contribution < -0.4 is 0 Å². The zero-order valence-corrected chi connectivity index (χ0v) is 7.74. The Balaban J connectivity index is 3.38. The van der Waals surface area contributed by atoms with Crippen molar-refractivity contribution in [3.63, 3.8) is 0 Å². The van der Waals surface area contributed by atoms with Gasteiger partial charge in [0.2, 0.25) is 0 Å². The summed E-state index contributed by atoms with van der Waals surface area (Å²) in [6.07, 6.45) is 17.2. The number of hydrogen-bond donors (Lipinski definition) is 0. The summed E-state index contributed by atoms with van der Waals surface area (Å²) in [5.74, 6) is 0. The van der Waals surface area contributed by atoms with E-state index in [0.29, 0.717) is 0 Å². The first-order valence-electron chi connectivity index (χ1n) is 4.45. The molecule has 0 aromatic carbocycles. The Morgan fingerprint density at radius 3 is 2.33 bits per heavy atom. The second-order valence-electron chi connectivity index (χ2n) is 2.53. The maximum absolute atomic E-state index is 5.15. The van der Waals surface area contributed by atoms with E-state index in [4.69, 9.17) is 6.58 Å². The molecule has 0 N–H and O–H groups in total. The van der Waals surface area contributed by atoms with Gasteiger partial charge in [-0.1, -0.05) is 68.9 Å². The molecule has 0 atom stereocenters. The molecule has 0 aliphatic rings. The second-order valence-corrected chi connectivity index (χ2v) is 2.53. The fraction of sp³-hybridized carbons (Fsp3) is 0.333. The van der Waals surface area contributed by atoms with Gasteiger partial charge in [-0.2, -0.15) is 0 Å². The Labute approximate surface area is 76.0 Å². The van der Waals surface area contributed by atoms with E-state index >= 15 is 0 Å². The Morgan fingerprint density at radius 1 is 1.00 bits per heavy atom. The van der Waals surface area contributed by atoms with Gasteiger partial charge in [0.05, 0.1) is 0 Å². The average molecular weight is 161 g/mol. The summed E-state index contributed by atoms with van der Waals surface area (Å²) < 4.78 is 0. The first-order valence-corrected chi connectivity index (χ1v) is 4.45. The van der Waals surface area contributed by atoms with Gasteiger partial charge < -0.3 is 0 Å². The minimum atomic E-state index is 1.17. The highest BCUT2D eigenvalue weighted by Crippen LogP contribution is 1.94. The van der Waals surface area contributed by atoms with Gasteiger partial charge in [0.1, 0.15) is 0 Å². The van der Waals surface area contributed by atoms with Crippen molar-refractivity contribution < 1.29 is 0 Å². The van der Waals surface area contributed by atoms with Gasteiger partial charge >= 0.3 is 0 Å². The summed E-state index contributed by atoms with van der Waals surface area (Å²) in [4.78, 5) is 0. The molecule has 0 spiro atoms. The molecule has 0 aliphatic heterocycles. The van der Waals surface area contributed by atoms with Crippen molar-refractivity contribution in [3.05, 3.63) is 49.1 Å². The summed E-state index contributed by atoms with van der Waals surface area (Å²) in [7, 11) is 0. The summed E-state index contributed by atoms with van der Waals surface area (Å²) >= 11 is 0. The van der Waals surface area contributed by atoms with E-state index < -0.39 is 0 Å². The maximum Gasteiger partial charge on any atom is -0.0348 e. The molecule has 0 aromatic heterocycles. The molecule has 1 radical (unpaired) electrons. The van der Waals surface area contributed by atoms with Crippen LogP contribution in [0.2, 0.25) is 0 Å². The van der Waals surface area contributed by atoms with Crippen molar-refractivity contribution >= 4 is 0 Å². The van der Waals surface area contributed by atoms with E-state index in [1.54, 1.807) is 6.08 Å². The number of unbranched alkanes of at least 4 members (excludes halogenated alkanes) is 2. The molecule has 0 bridgehead atoms. The summed E-state index contributed by atoms with van der Waals surface area (Å²) in [6.45, 7) is 7.34. The van der Waals surface area contributed by atoms with Crippen LogP contribution in [0.4, 0.5) is 0 Å². The van der Waals surface area contributed by atoms with Crippen LogP contribution in [0.3, 0.4) is 0 Å². The highest BCUT2D eigenvalue weighted by molar-refractivity contribution is 5.13. The molecule has 0 fully saturated rings. The smallest absolute Gasteiger partial charge is 0.0348 e. The first-order chi connectivity index (χ1) is 5.91. The zero-order chi connectivity index (χ0) is 9.07. The minimum Gasteiger partial charge on any atom is -0.0845 e. The van der Waals surface area contributed by atoms with Gasteiger partial charge in [-0.25, -0.2) is 0 Å². The van der Waals surface area contributed by atoms with Crippen molar-refractivity contribution in [2.24, 2.45) is 0 Å². The maximum atomic E-state index is 5.15. The van der Waals surface area contributed by atoms with Crippen LogP contribution in [0.1, 0.15) is 26.2 Å². The van der Waals surface area contributed by atoms with Gasteiger partial charge in [0, 0.05) is 0 Å². The predicted molar refractivity (Wildman–Crippen MR) is 55.8 cm³/mol. The van der Waals surface area contributed by atoms with Gasteiger partial charge in [0.25, 0.3) is 0 Å². The number of hydrogen-bond acceptors (Lipinski definition) is 0. The van der Waals surface area contributed by atoms with E-state index in [2.05, 4.69) is 19.1 Å². The van der Waals surface area contributed by atoms with Crippen LogP contribution in [-0.2, 0) is 0 Å². The molecule has 0 amide bonds. The van der Waals surface area contributed by atoms with Gasteiger partial charge in [-0.3, -0.25) is 0 Å². The first kappa shape index (κ1) is 11.0. The Kier molecular flexibility index (Phi) is 9.10. The van der Waals surface area contributed by atoms with Crippen LogP contribution in [0, 0.1) is 6.58 Å². The van der Waals surface area contributed by atoms with Crippen LogP contribution in [0.15, 0.2) is 42.5 Å².